The van der Waals surface area contributed by atoms with Gasteiger partial charge in [-0.15, -0.1) is 10.2 Å². The molecule has 1 atom stereocenters. The number of piperidine rings is 1. The lowest BCUT2D eigenvalue weighted by Gasteiger charge is -2.31. The number of rotatable bonds is 3. The van der Waals surface area contributed by atoms with Gasteiger partial charge in [-0.3, -0.25) is 4.79 Å². The Labute approximate surface area is 152 Å². The molecule has 4 rings (SSSR count). The monoisotopic (exact) mass is 375 g/mol. The van der Waals surface area contributed by atoms with Crippen LogP contribution >= 0.6 is 11.3 Å². The van der Waals surface area contributed by atoms with E-state index in [9.17, 15) is 13.6 Å². The van der Waals surface area contributed by atoms with Crippen molar-refractivity contribution in [1.82, 2.24) is 15.1 Å². The topological polar surface area (TPSA) is 59.2 Å². The average Bonchev–Trinajstić information content (AvgIpc) is 3.33. The SMILES string of the molecule is O=C(c1c(F)cccc1F)N1CCCC(c2nnc(-c3ccsc3)o2)C1. The molecule has 0 N–H and O–H groups in total. The van der Waals surface area contributed by atoms with Crippen LogP contribution in [0, 0.1) is 11.6 Å². The van der Waals surface area contributed by atoms with E-state index in [0.717, 1.165) is 24.1 Å². The molecule has 1 fully saturated rings. The Hall–Kier alpha value is -2.61. The number of amides is 1. The van der Waals surface area contributed by atoms with Crippen LogP contribution in [0.4, 0.5) is 8.78 Å². The van der Waals surface area contributed by atoms with Crippen LogP contribution in [0.1, 0.15) is 35.0 Å². The molecule has 5 nitrogen and oxygen atoms in total. The van der Waals surface area contributed by atoms with Crippen molar-refractivity contribution in [1.29, 1.82) is 0 Å². The summed E-state index contributed by atoms with van der Waals surface area (Å²) in [4.78, 5) is 14.0. The summed E-state index contributed by atoms with van der Waals surface area (Å²) in [6.07, 6.45) is 1.47. The van der Waals surface area contributed by atoms with Gasteiger partial charge in [-0.05, 0) is 36.4 Å². The molecular formula is C18H15F2N3O2S. The molecule has 0 bridgehead atoms. The van der Waals surface area contributed by atoms with Gasteiger partial charge in [-0.1, -0.05) is 6.07 Å². The molecule has 0 spiro atoms. The summed E-state index contributed by atoms with van der Waals surface area (Å²) in [6, 6.07) is 5.30. The van der Waals surface area contributed by atoms with Crippen molar-refractivity contribution >= 4 is 17.2 Å². The van der Waals surface area contributed by atoms with Crippen LogP contribution in [0.5, 0.6) is 0 Å². The first-order valence-electron chi connectivity index (χ1n) is 8.22. The predicted molar refractivity (Wildman–Crippen MR) is 91.8 cm³/mol. The molecule has 1 aliphatic rings. The lowest BCUT2D eigenvalue weighted by molar-refractivity contribution is 0.0688. The highest BCUT2D eigenvalue weighted by molar-refractivity contribution is 7.08. The molecular weight excluding hydrogens is 360 g/mol. The van der Waals surface area contributed by atoms with E-state index in [1.54, 1.807) is 0 Å². The van der Waals surface area contributed by atoms with E-state index in [4.69, 9.17) is 4.42 Å². The second-order valence-corrected chi connectivity index (χ2v) is 6.92. The molecule has 0 saturated carbocycles. The number of thiophene rings is 1. The molecule has 3 aromatic rings. The number of carbonyl (C=O) groups is 1. The second-order valence-electron chi connectivity index (χ2n) is 6.14. The standard InChI is InChI=1S/C18H15F2N3O2S/c19-13-4-1-5-14(20)15(13)18(24)23-7-2-3-11(9-23)16-21-22-17(25-16)12-6-8-26-10-12/h1,4-6,8,10-11H,2-3,7,9H2. The van der Waals surface area contributed by atoms with Crippen molar-refractivity contribution in [2.45, 2.75) is 18.8 Å². The molecule has 0 aliphatic carbocycles. The van der Waals surface area contributed by atoms with Crippen LogP contribution in [0.25, 0.3) is 11.5 Å². The summed E-state index contributed by atoms with van der Waals surface area (Å²) in [5, 5.41) is 12.0. The van der Waals surface area contributed by atoms with Gasteiger partial charge >= 0.3 is 0 Å². The summed E-state index contributed by atoms with van der Waals surface area (Å²) in [6.45, 7) is 0.729. The van der Waals surface area contributed by atoms with Crippen molar-refractivity contribution in [2.75, 3.05) is 13.1 Å². The van der Waals surface area contributed by atoms with E-state index in [2.05, 4.69) is 10.2 Å². The van der Waals surface area contributed by atoms with Crippen LogP contribution in [-0.2, 0) is 0 Å². The fraction of sp³-hybridized carbons (Fsp3) is 0.278. The highest BCUT2D eigenvalue weighted by atomic mass is 32.1. The lowest BCUT2D eigenvalue weighted by atomic mass is 9.97. The zero-order chi connectivity index (χ0) is 18.1. The third kappa shape index (κ3) is 3.12. The normalized spacial score (nSPS) is 17.5. The molecule has 134 valence electrons. The first-order valence-corrected chi connectivity index (χ1v) is 9.17. The van der Waals surface area contributed by atoms with Gasteiger partial charge in [0.1, 0.15) is 17.2 Å². The molecule has 1 unspecified atom stereocenters. The van der Waals surface area contributed by atoms with Crippen LogP contribution < -0.4 is 0 Å². The highest BCUT2D eigenvalue weighted by Crippen LogP contribution is 2.30. The lowest BCUT2D eigenvalue weighted by Crippen LogP contribution is -2.40. The zero-order valence-corrected chi connectivity index (χ0v) is 14.5. The van der Waals surface area contributed by atoms with Gasteiger partial charge in [0.25, 0.3) is 5.91 Å². The maximum Gasteiger partial charge on any atom is 0.259 e. The van der Waals surface area contributed by atoms with Gasteiger partial charge in [0, 0.05) is 24.0 Å². The molecule has 1 amide bonds. The molecule has 2 aromatic heterocycles. The van der Waals surface area contributed by atoms with E-state index >= 15 is 0 Å². The van der Waals surface area contributed by atoms with Crippen molar-refractivity contribution in [3.63, 3.8) is 0 Å². The Bertz CT molecular complexity index is 906. The van der Waals surface area contributed by atoms with E-state index in [1.807, 2.05) is 16.8 Å². The number of carbonyl (C=O) groups excluding carboxylic acids is 1. The Morgan fingerprint density at radius 3 is 2.77 bits per heavy atom. The van der Waals surface area contributed by atoms with Gasteiger partial charge < -0.3 is 9.32 Å². The molecule has 1 aliphatic heterocycles. The predicted octanol–water partition coefficient (Wildman–Crippen LogP) is 4.10. The van der Waals surface area contributed by atoms with Crippen molar-refractivity contribution in [3.8, 4) is 11.5 Å². The molecule has 0 radical (unpaired) electrons. The number of hydrogen-bond acceptors (Lipinski definition) is 5. The Morgan fingerprint density at radius 1 is 1.23 bits per heavy atom. The number of hydrogen-bond donors (Lipinski definition) is 0. The molecule has 1 aromatic carbocycles. The third-order valence-electron chi connectivity index (χ3n) is 4.44. The maximum atomic E-state index is 13.9. The smallest absolute Gasteiger partial charge is 0.259 e. The summed E-state index contributed by atoms with van der Waals surface area (Å²) in [7, 11) is 0. The fourth-order valence-electron chi connectivity index (χ4n) is 3.13. The molecule has 26 heavy (non-hydrogen) atoms. The number of aromatic nitrogens is 2. The van der Waals surface area contributed by atoms with Crippen LogP contribution in [0.2, 0.25) is 0 Å². The minimum Gasteiger partial charge on any atom is -0.420 e. The molecule has 1 saturated heterocycles. The number of benzene rings is 1. The fourth-order valence-corrected chi connectivity index (χ4v) is 3.76. The number of nitrogens with zero attached hydrogens (tertiary/aromatic N) is 3. The van der Waals surface area contributed by atoms with E-state index < -0.39 is 23.1 Å². The maximum absolute atomic E-state index is 13.9. The van der Waals surface area contributed by atoms with Gasteiger partial charge in [-0.2, -0.15) is 11.3 Å². The molecule has 8 heteroatoms. The summed E-state index contributed by atoms with van der Waals surface area (Å²) >= 11 is 1.53. The minimum absolute atomic E-state index is 0.151. The van der Waals surface area contributed by atoms with Crippen LogP contribution in [-0.4, -0.2) is 34.1 Å². The Balaban J connectivity index is 1.54. The van der Waals surface area contributed by atoms with Gasteiger partial charge in [0.2, 0.25) is 11.8 Å². The third-order valence-corrected chi connectivity index (χ3v) is 5.13. The summed E-state index contributed by atoms with van der Waals surface area (Å²) < 4.78 is 33.6. The highest BCUT2D eigenvalue weighted by Gasteiger charge is 2.31. The van der Waals surface area contributed by atoms with E-state index in [-0.39, 0.29) is 12.5 Å². The van der Waals surface area contributed by atoms with Gasteiger partial charge in [-0.25, -0.2) is 8.78 Å². The summed E-state index contributed by atoms with van der Waals surface area (Å²) in [5.74, 6) is -1.63. The number of halogens is 2. The quantitative estimate of drug-likeness (QED) is 0.692. The van der Waals surface area contributed by atoms with Crippen LogP contribution in [0.3, 0.4) is 0 Å². The largest absolute Gasteiger partial charge is 0.420 e. The Kier molecular flexibility index (Phi) is 4.50. The van der Waals surface area contributed by atoms with Crippen LogP contribution in [0.15, 0.2) is 39.4 Å². The minimum atomic E-state index is -0.852. The van der Waals surface area contributed by atoms with Crippen molar-refractivity contribution in [2.24, 2.45) is 0 Å². The molecule has 3 heterocycles. The van der Waals surface area contributed by atoms with E-state index in [0.29, 0.717) is 24.7 Å². The first kappa shape index (κ1) is 16.8. The van der Waals surface area contributed by atoms with Crippen molar-refractivity contribution in [3.05, 3.63) is 58.1 Å². The second kappa shape index (κ2) is 6.95. The Morgan fingerprint density at radius 2 is 2.04 bits per heavy atom. The zero-order valence-electron chi connectivity index (χ0n) is 13.7. The average molecular weight is 375 g/mol. The van der Waals surface area contributed by atoms with Crippen molar-refractivity contribution < 1.29 is 18.0 Å². The van der Waals surface area contributed by atoms with E-state index in [1.165, 1.54) is 22.3 Å². The van der Waals surface area contributed by atoms with Gasteiger partial charge in [0.05, 0.1) is 5.92 Å². The summed E-state index contributed by atoms with van der Waals surface area (Å²) in [5.41, 5.74) is 0.337. The first-order chi connectivity index (χ1) is 12.6. The number of likely N-dealkylation sites (tertiary alicyclic amines) is 1. The van der Waals surface area contributed by atoms with Gasteiger partial charge in [0.15, 0.2) is 0 Å².